The SMILES string of the molecule is Cc1ccc(S(=O)(=O)N2CCC(c3ccc4c(c3)C(=O)CCCC4)CC2)cc1. The van der Waals surface area contributed by atoms with Gasteiger partial charge in [0.25, 0.3) is 0 Å². The van der Waals surface area contributed by atoms with E-state index in [-0.39, 0.29) is 5.78 Å². The molecule has 4 rings (SSSR count). The molecular weight excluding hydrogens is 370 g/mol. The highest BCUT2D eigenvalue weighted by atomic mass is 32.2. The van der Waals surface area contributed by atoms with Crippen molar-refractivity contribution >= 4 is 15.8 Å². The van der Waals surface area contributed by atoms with Gasteiger partial charge in [0, 0.05) is 25.1 Å². The second kappa shape index (κ2) is 7.80. The monoisotopic (exact) mass is 397 g/mol. The Kier molecular flexibility index (Phi) is 5.39. The normalized spacial score (nSPS) is 19.2. The summed E-state index contributed by atoms with van der Waals surface area (Å²) in [5.41, 5.74) is 4.30. The Hall–Kier alpha value is -1.98. The highest BCUT2D eigenvalue weighted by Crippen LogP contribution is 2.33. The fraction of sp³-hybridized carbons (Fsp3) is 0.435. The number of piperidine rings is 1. The third-order valence-corrected chi connectivity index (χ3v) is 8.03. The Morgan fingerprint density at radius 2 is 1.61 bits per heavy atom. The summed E-state index contributed by atoms with van der Waals surface area (Å²) in [5.74, 6) is 0.569. The molecule has 2 aromatic carbocycles. The molecule has 0 N–H and O–H groups in total. The summed E-state index contributed by atoms with van der Waals surface area (Å²) >= 11 is 0. The zero-order valence-corrected chi connectivity index (χ0v) is 17.2. The third kappa shape index (κ3) is 3.78. The lowest BCUT2D eigenvalue weighted by Gasteiger charge is -2.31. The summed E-state index contributed by atoms with van der Waals surface area (Å²) in [6.07, 6.45) is 5.25. The van der Waals surface area contributed by atoms with Crippen LogP contribution in [0.15, 0.2) is 47.4 Å². The van der Waals surface area contributed by atoms with Crippen LogP contribution < -0.4 is 0 Å². The number of rotatable bonds is 3. The number of benzene rings is 2. The Labute approximate surface area is 167 Å². The maximum atomic E-state index is 12.9. The van der Waals surface area contributed by atoms with Gasteiger partial charge in [-0.1, -0.05) is 29.8 Å². The Morgan fingerprint density at radius 3 is 2.32 bits per heavy atom. The molecule has 0 bridgehead atoms. The van der Waals surface area contributed by atoms with E-state index in [0.29, 0.717) is 30.3 Å². The van der Waals surface area contributed by atoms with Crippen molar-refractivity contribution in [2.45, 2.75) is 56.3 Å². The predicted octanol–water partition coefficient (Wildman–Crippen LogP) is 4.47. The van der Waals surface area contributed by atoms with Crippen LogP contribution in [-0.4, -0.2) is 31.6 Å². The van der Waals surface area contributed by atoms with Crippen LogP contribution in [0.1, 0.15) is 65.1 Å². The van der Waals surface area contributed by atoms with Gasteiger partial charge in [0.2, 0.25) is 10.0 Å². The summed E-state index contributed by atoms with van der Waals surface area (Å²) in [4.78, 5) is 12.8. The molecule has 1 aliphatic heterocycles. The molecule has 1 heterocycles. The highest BCUT2D eigenvalue weighted by Gasteiger charge is 2.30. The molecule has 0 atom stereocenters. The van der Waals surface area contributed by atoms with Crippen LogP contribution in [0, 0.1) is 6.92 Å². The number of hydrogen-bond donors (Lipinski definition) is 0. The van der Waals surface area contributed by atoms with Crippen molar-refractivity contribution in [3.63, 3.8) is 0 Å². The van der Waals surface area contributed by atoms with Gasteiger partial charge < -0.3 is 0 Å². The molecular formula is C23H27NO3S. The van der Waals surface area contributed by atoms with Gasteiger partial charge in [0.15, 0.2) is 5.78 Å². The molecule has 1 saturated heterocycles. The molecule has 0 saturated carbocycles. The van der Waals surface area contributed by atoms with E-state index < -0.39 is 10.0 Å². The number of Topliss-reactive ketones (excluding diaryl/α,β-unsaturated/α-hetero) is 1. The minimum atomic E-state index is -3.43. The molecule has 1 fully saturated rings. The molecule has 2 aliphatic rings. The molecule has 0 radical (unpaired) electrons. The van der Waals surface area contributed by atoms with E-state index in [1.165, 1.54) is 11.1 Å². The third-order valence-electron chi connectivity index (χ3n) is 6.12. The van der Waals surface area contributed by atoms with E-state index >= 15 is 0 Å². The summed E-state index contributed by atoms with van der Waals surface area (Å²) in [5, 5.41) is 0. The lowest BCUT2D eigenvalue weighted by molar-refractivity contribution is 0.0982. The largest absolute Gasteiger partial charge is 0.294 e. The summed E-state index contributed by atoms with van der Waals surface area (Å²) in [6, 6.07) is 13.4. The Morgan fingerprint density at radius 1 is 0.929 bits per heavy atom. The van der Waals surface area contributed by atoms with Gasteiger partial charge in [-0.15, -0.1) is 0 Å². The molecule has 0 amide bonds. The van der Waals surface area contributed by atoms with Crippen LogP contribution in [-0.2, 0) is 16.4 Å². The van der Waals surface area contributed by atoms with Crippen molar-refractivity contribution in [3.05, 3.63) is 64.7 Å². The first-order chi connectivity index (χ1) is 13.4. The van der Waals surface area contributed by atoms with Crippen molar-refractivity contribution in [1.82, 2.24) is 4.31 Å². The number of carbonyl (C=O) groups excluding carboxylic acids is 1. The average Bonchev–Trinajstić information content (AvgIpc) is 2.89. The molecule has 1 aliphatic carbocycles. The molecule has 0 aromatic heterocycles. The van der Waals surface area contributed by atoms with Crippen LogP contribution in [0.5, 0.6) is 0 Å². The minimum Gasteiger partial charge on any atom is -0.294 e. The summed E-state index contributed by atoms with van der Waals surface area (Å²) in [6.45, 7) is 2.99. The Bertz CT molecular complexity index is 971. The highest BCUT2D eigenvalue weighted by molar-refractivity contribution is 7.89. The number of aryl methyl sites for hydroxylation is 2. The fourth-order valence-electron chi connectivity index (χ4n) is 4.35. The second-order valence-electron chi connectivity index (χ2n) is 8.04. The fourth-order valence-corrected chi connectivity index (χ4v) is 5.82. The predicted molar refractivity (Wildman–Crippen MR) is 110 cm³/mol. The molecule has 5 heteroatoms. The van der Waals surface area contributed by atoms with Crippen molar-refractivity contribution in [2.75, 3.05) is 13.1 Å². The lowest BCUT2D eigenvalue weighted by atomic mass is 9.87. The number of hydrogen-bond acceptors (Lipinski definition) is 3. The van der Waals surface area contributed by atoms with E-state index in [9.17, 15) is 13.2 Å². The van der Waals surface area contributed by atoms with Crippen LogP contribution in [0.25, 0.3) is 0 Å². The molecule has 28 heavy (non-hydrogen) atoms. The average molecular weight is 398 g/mol. The minimum absolute atomic E-state index is 0.258. The van der Waals surface area contributed by atoms with Gasteiger partial charge in [0.1, 0.15) is 0 Å². The maximum Gasteiger partial charge on any atom is 0.243 e. The van der Waals surface area contributed by atoms with E-state index in [1.807, 2.05) is 19.1 Å². The number of fused-ring (bicyclic) bond motifs is 1. The van der Waals surface area contributed by atoms with Gasteiger partial charge in [-0.3, -0.25) is 4.79 Å². The van der Waals surface area contributed by atoms with Gasteiger partial charge in [-0.05, 0) is 74.3 Å². The summed E-state index contributed by atoms with van der Waals surface area (Å²) in [7, 11) is -3.43. The zero-order valence-electron chi connectivity index (χ0n) is 16.4. The second-order valence-corrected chi connectivity index (χ2v) is 9.98. The topological polar surface area (TPSA) is 54.5 Å². The van der Waals surface area contributed by atoms with E-state index in [2.05, 4.69) is 18.2 Å². The van der Waals surface area contributed by atoms with Crippen LogP contribution in [0.3, 0.4) is 0 Å². The van der Waals surface area contributed by atoms with Gasteiger partial charge >= 0.3 is 0 Å². The van der Waals surface area contributed by atoms with Gasteiger partial charge in [0.05, 0.1) is 4.90 Å². The molecule has 148 valence electrons. The van der Waals surface area contributed by atoms with Crippen LogP contribution >= 0.6 is 0 Å². The van der Waals surface area contributed by atoms with Crippen molar-refractivity contribution in [3.8, 4) is 0 Å². The smallest absolute Gasteiger partial charge is 0.243 e. The van der Waals surface area contributed by atoms with Crippen LogP contribution in [0.2, 0.25) is 0 Å². The van der Waals surface area contributed by atoms with Crippen molar-refractivity contribution in [1.29, 1.82) is 0 Å². The van der Waals surface area contributed by atoms with E-state index in [4.69, 9.17) is 0 Å². The van der Waals surface area contributed by atoms with Crippen molar-refractivity contribution in [2.24, 2.45) is 0 Å². The number of carbonyl (C=O) groups is 1. The quantitative estimate of drug-likeness (QED) is 0.718. The number of ketones is 1. The van der Waals surface area contributed by atoms with Crippen LogP contribution in [0.4, 0.5) is 0 Å². The van der Waals surface area contributed by atoms with E-state index in [0.717, 1.165) is 43.2 Å². The standard InChI is InChI=1S/C23H27NO3S/c1-17-6-10-21(11-7-17)28(26,27)24-14-12-18(13-15-24)20-9-8-19-4-2-3-5-23(25)22(19)16-20/h6-11,16,18H,2-5,12-15H2,1H3. The van der Waals surface area contributed by atoms with E-state index in [1.54, 1.807) is 16.4 Å². The summed E-state index contributed by atoms with van der Waals surface area (Å²) < 4.78 is 27.4. The molecule has 0 spiro atoms. The maximum absolute atomic E-state index is 12.9. The molecule has 2 aromatic rings. The van der Waals surface area contributed by atoms with Gasteiger partial charge in [-0.25, -0.2) is 8.42 Å². The number of sulfonamides is 1. The first kappa shape index (κ1) is 19.3. The Balaban J connectivity index is 1.48. The first-order valence-electron chi connectivity index (χ1n) is 10.2. The van der Waals surface area contributed by atoms with Crippen molar-refractivity contribution < 1.29 is 13.2 Å². The first-order valence-corrected chi connectivity index (χ1v) is 11.6. The van der Waals surface area contributed by atoms with Gasteiger partial charge in [-0.2, -0.15) is 4.31 Å². The zero-order chi connectivity index (χ0) is 19.7. The lowest BCUT2D eigenvalue weighted by Crippen LogP contribution is -2.37. The molecule has 4 nitrogen and oxygen atoms in total. The number of nitrogens with zero attached hydrogens (tertiary/aromatic N) is 1. The molecule has 0 unspecified atom stereocenters.